The van der Waals surface area contributed by atoms with Gasteiger partial charge in [0.1, 0.15) is 0 Å². The molecule has 1 aliphatic rings. The number of carbonyl (C=O) groups excluding carboxylic acids is 1. The Hall–Kier alpha value is -2.22. The third-order valence-electron chi connectivity index (χ3n) is 4.58. The minimum Gasteiger partial charge on any atom is -0.322 e. The second kappa shape index (κ2) is 7.57. The van der Waals surface area contributed by atoms with Gasteiger partial charge in [0.2, 0.25) is 10.0 Å². The average molecular weight is 373 g/mol. The fourth-order valence-electron chi connectivity index (χ4n) is 2.90. The highest BCUT2D eigenvalue weighted by atomic mass is 32.2. The molecule has 0 spiro atoms. The summed E-state index contributed by atoms with van der Waals surface area (Å²) >= 11 is 0. The number of nitrogens with zero attached hydrogens (tertiary/aromatic N) is 2. The Morgan fingerprint density at radius 2 is 1.65 bits per heavy atom. The first kappa shape index (κ1) is 18.6. The van der Waals surface area contributed by atoms with E-state index in [0.717, 1.165) is 13.1 Å². The summed E-state index contributed by atoms with van der Waals surface area (Å²) in [5.74, 6) is -0.219. The van der Waals surface area contributed by atoms with Crippen molar-refractivity contribution in [1.82, 2.24) is 9.21 Å². The van der Waals surface area contributed by atoms with Crippen LogP contribution in [0.15, 0.2) is 53.4 Å². The molecule has 0 unspecified atom stereocenters. The maximum atomic E-state index is 12.8. The molecule has 1 aliphatic heterocycles. The SMILES string of the molecule is Cc1cc(S(=O)(=O)N2CCN(C)CC2)ccc1NC(=O)c1ccccc1. The monoisotopic (exact) mass is 373 g/mol. The van der Waals surface area contributed by atoms with E-state index >= 15 is 0 Å². The van der Waals surface area contributed by atoms with Crippen molar-refractivity contribution >= 4 is 21.6 Å². The zero-order valence-corrected chi connectivity index (χ0v) is 15.8. The summed E-state index contributed by atoms with van der Waals surface area (Å²) in [6.45, 7) is 4.23. The highest BCUT2D eigenvalue weighted by molar-refractivity contribution is 7.89. The normalized spacial score (nSPS) is 16.4. The summed E-state index contributed by atoms with van der Waals surface area (Å²) in [5.41, 5.74) is 1.88. The van der Waals surface area contributed by atoms with Crippen LogP contribution in [0.2, 0.25) is 0 Å². The van der Waals surface area contributed by atoms with Crippen LogP contribution in [0, 0.1) is 6.92 Å². The predicted molar refractivity (Wildman–Crippen MR) is 102 cm³/mol. The number of likely N-dealkylation sites (N-methyl/N-ethyl adjacent to an activating group) is 1. The number of hydrogen-bond donors (Lipinski definition) is 1. The fraction of sp³-hybridized carbons (Fsp3) is 0.316. The molecule has 3 rings (SSSR count). The first-order chi connectivity index (χ1) is 12.4. The second-order valence-corrected chi connectivity index (χ2v) is 8.44. The first-order valence-corrected chi connectivity index (χ1v) is 9.98. The van der Waals surface area contributed by atoms with Crippen molar-refractivity contribution < 1.29 is 13.2 Å². The van der Waals surface area contributed by atoms with Crippen molar-refractivity contribution in [3.8, 4) is 0 Å². The van der Waals surface area contributed by atoms with Gasteiger partial charge in [0.25, 0.3) is 5.91 Å². The highest BCUT2D eigenvalue weighted by Gasteiger charge is 2.27. The number of carbonyl (C=O) groups is 1. The van der Waals surface area contributed by atoms with E-state index in [0.29, 0.717) is 29.9 Å². The molecule has 6 nitrogen and oxygen atoms in total. The van der Waals surface area contributed by atoms with Gasteiger partial charge in [-0.25, -0.2) is 8.42 Å². The third-order valence-corrected chi connectivity index (χ3v) is 6.48. The number of piperazine rings is 1. The molecule has 0 bridgehead atoms. The van der Waals surface area contributed by atoms with Gasteiger partial charge in [-0.2, -0.15) is 4.31 Å². The summed E-state index contributed by atoms with van der Waals surface area (Å²) in [7, 11) is -1.53. The Bertz CT molecular complexity index is 890. The van der Waals surface area contributed by atoms with E-state index in [1.54, 1.807) is 49.4 Å². The van der Waals surface area contributed by atoms with Gasteiger partial charge in [-0.1, -0.05) is 18.2 Å². The molecule has 2 aromatic rings. The molecule has 1 heterocycles. The van der Waals surface area contributed by atoms with Crippen molar-refractivity contribution in [2.75, 3.05) is 38.5 Å². The second-order valence-electron chi connectivity index (χ2n) is 6.50. The van der Waals surface area contributed by atoms with Crippen molar-refractivity contribution in [1.29, 1.82) is 0 Å². The van der Waals surface area contributed by atoms with Crippen LogP contribution in [-0.4, -0.2) is 56.8 Å². The number of aryl methyl sites for hydroxylation is 1. The van der Waals surface area contributed by atoms with Gasteiger partial charge in [0.05, 0.1) is 4.90 Å². The van der Waals surface area contributed by atoms with Crippen LogP contribution in [0.1, 0.15) is 15.9 Å². The summed E-state index contributed by atoms with van der Waals surface area (Å²) in [6.07, 6.45) is 0. The number of rotatable bonds is 4. The molecule has 1 amide bonds. The minimum atomic E-state index is -3.51. The lowest BCUT2D eigenvalue weighted by atomic mass is 10.1. The van der Waals surface area contributed by atoms with Crippen molar-refractivity contribution in [3.63, 3.8) is 0 Å². The summed E-state index contributed by atoms with van der Waals surface area (Å²) in [6, 6.07) is 13.7. The first-order valence-electron chi connectivity index (χ1n) is 8.53. The smallest absolute Gasteiger partial charge is 0.255 e. The van der Waals surface area contributed by atoms with Crippen molar-refractivity contribution in [2.24, 2.45) is 0 Å². The molecular weight excluding hydrogens is 350 g/mol. The maximum Gasteiger partial charge on any atom is 0.255 e. The minimum absolute atomic E-state index is 0.219. The molecule has 0 radical (unpaired) electrons. The van der Waals surface area contributed by atoms with Crippen molar-refractivity contribution in [2.45, 2.75) is 11.8 Å². The molecule has 0 saturated carbocycles. The van der Waals surface area contributed by atoms with E-state index < -0.39 is 10.0 Å². The quantitative estimate of drug-likeness (QED) is 0.892. The van der Waals surface area contributed by atoms with Crippen LogP contribution in [0.4, 0.5) is 5.69 Å². The van der Waals surface area contributed by atoms with Crippen LogP contribution in [0.5, 0.6) is 0 Å². The van der Waals surface area contributed by atoms with E-state index in [2.05, 4.69) is 10.2 Å². The highest BCUT2D eigenvalue weighted by Crippen LogP contribution is 2.23. The van der Waals surface area contributed by atoms with Crippen LogP contribution < -0.4 is 5.32 Å². The molecule has 0 aromatic heterocycles. The molecule has 1 fully saturated rings. The topological polar surface area (TPSA) is 69.7 Å². The molecule has 2 aromatic carbocycles. The van der Waals surface area contributed by atoms with Crippen LogP contribution in [0.3, 0.4) is 0 Å². The molecule has 138 valence electrons. The number of sulfonamides is 1. The van der Waals surface area contributed by atoms with Gasteiger partial charge in [-0.3, -0.25) is 4.79 Å². The van der Waals surface area contributed by atoms with E-state index in [1.807, 2.05) is 13.1 Å². The third kappa shape index (κ3) is 3.95. The number of benzene rings is 2. The lowest BCUT2D eigenvalue weighted by molar-refractivity contribution is 0.102. The van der Waals surface area contributed by atoms with Gasteiger partial charge in [-0.15, -0.1) is 0 Å². The maximum absolute atomic E-state index is 12.8. The van der Waals surface area contributed by atoms with Crippen LogP contribution in [-0.2, 0) is 10.0 Å². The van der Waals surface area contributed by atoms with E-state index in [9.17, 15) is 13.2 Å². The molecule has 1 saturated heterocycles. The summed E-state index contributed by atoms with van der Waals surface area (Å²) in [4.78, 5) is 14.7. The van der Waals surface area contributed by atoms with Crippen LogP contribution in [0.25, 0.3) is 0 Å². The number of anilines is 1. The fourth-order valence-corrected chi connectivity index (χ4v) is 4.41. The van der Waals surface area contributed by atoms with E-state index in [1.165, 1.54) is 4.31 Å². The average Bonchev–Trinajstić information content (AvgIpc) is 2.64. The predicted octanol–water partition coefficient (Wildman–Crippen LogP) is 2.18. The lowest BCUT2D eigenvalue weighted by Gasteiger charge is -2.31. The lowest BCUT2D eigenvalue weighted by Crippen LogP contribution is -2.47. The van der Waals surface area contributed by atoms with Gasteiger partial charge in [-0.05, 0) is 49.9 Å². The molecular formula is C19H23N3O3S. The Morgan fingerprint density at radius 3 is 2.27 bits per heavy atom. The van der Waals surface area contributed by atoms with Gasteiger partial charge in [0, 0.05) is 37.4 Å². The zero-order chi connectivity index (χ0) is 18.7. The Kier molecular flexibility index (Phi) is 5.41. The molecule has 26 heavy (non-hydrogen) atoms. The zero-order valence-electron chi connectivity index (χ0n) is 15.0. The van der Waals surface area contributed by atoms with Crippen LogP contribution >= 0.6 is 0 Å². The number of hydrogen-bond acceptors (Lipinski definition) is 4. The van der Waals surface area contributed by atoms with Crippen molar-refractivity contribution in [3.05, 3.63) is 59.7 Å². The Labute approximate surface area is 154 Å². The van der Waals surface area contributed by atoms with Gasteiger partial charge >= 0.3 is 0 Å². The molecule has 1 N–H and O–H groups in total. The van der Waals surface area contributed by atoms with E-state index in [-0.39, 0.29) is 10.8 Å². The molecule has 7 heteroatoms. The molecule has 0 atom stereocenters. The Morgan fingerprint density at radius 1 is 1.00 bits per heavy atom. The van der Waals surface area contributed by atoms with E-state index in [4.69, 9.17) is 0 Å². The van der Waals surface area contributed by atoms with Gasteiger partial charge < -0.3 is 10.2 Å². The van der Waals surface area contributed by atoms with Gasteiger partial charge in [0.15, 0.2) is 0 Å². The Balaban J connectivity index is 1.78. The standard InChI is InChI=1S/C19H23N3O3S/c1-15-14-17(26(24,25)22-12-10-21(2)11-13-22)8-9-18(15)20-19(23)16-6-4-3-5-7-16/h3-9,14H,10-13H2,1-2H3,(H,20,23). The summed E-state index contributed by atoms with van der Waals surface area (Å²) in [5, 5.41) is 2.84. The largest absolute Gasteiger partial charge is 0.322 e. The number of nitrogens with one attached hydrogen (secondary N) is 1. The molecule has 0 aliphatic carbocycles. The number of amides is 1. The summed E-state index contributed by atoms with van der Waals surface area (Å²) < 4.78 is 27.2.